The highest BCUT2D eigenvalue weighted by atomic mass is 32.1. The van der Waals surface area contributed by atoms with Crippen LogP contribution in [0.2, 0.25) is 0 Å². The molecule has 16 heavy (non-hydrogen) atoms. The van der Waals surface area contributed by atoms with E-state index >= 15 is 0 Å². The number of piperidine rings is 1. The molecule has 0 aliphatic carbocycles. The molecule has 0 amide bonds. The maximum Gasteiger partial charge on any atom is 0.0797 e. The van der Waals surface area contributed by atoms with Gasteiger partial charge in [-0.3, -0.25) is 4.90 Å². The van der Waals surface area contributed by atoms with E-state index in [-0.39, 0.29) is 0 Å². The molecule has 1 aromatic rings. The monoisotopic (exact) mass is 240 g/mol. The van der Waals surface area contributed by atoms with Gasteiger partial charge in [0, 0.05) is 17.5 Å². The molecule has 0 aromatic carbocycles. The lowest BCUT2D eigenvalue weighted by Crippen LogP contribution is -2.42. The number of aromatic nitrogens is 1. The molecule has 1 saturated heterocycles. The van der Waals surface area contributed by atoms with Crippen LogP contribution in [0.25, 0.3) is 0 Å². The zero-order valence-corrected chi connectivity index (χ0v) is 10.7. The van der Waals surface area contributed by atoms with Gasteiger partial charge in [0.25, 0.3) is 0 Å². The van der Waals surface area contributed by atoms with Gasteiger partial charge in [-0.2, -0.15) is 0 Å². The van der Waals surface area contributed by atoms with Gasteiger partial charge < -0.3 is 5.11 Å². The highest BCUT2D eigenvalue weighted by molar-refractivity contribution is 7.09. The minimum Gasteiger partial charge on any atom is -0.395 e. The van der Waals surface area contributed by atoms with Crippen LogP contribution in [0.1, 0.15) is 29.8 Å². The van der Waals surface area contributed by atoms with Crippen molar-refractivity contribution in [1.29, 1.82) is 0 Å². The molecule has 1 aromatic heterocycles. The summed E-state index contributed by atoms with van der Waals surface area (Å²) >= 11 is 1.75. The zero-order valence-electron chi connectivity index (χ0n) is 9.85. The van der Waals surface area contributed by atoms with Crippen LogP contribution in [0, 0.1) is 6.92 Å². The molecule has 0 bridgehead atoms. The molecule has 1 unspecified atom stereocenters. The summed E-state index contributed by atoms with van der Waals surface area (Å²) in [7, 11) is 0. The summed E-state index contributed by atoms with van der Waals surface area (Å²) < 4.78 is 0. The van der Waals surface area contributed by atoms with Crippen molar-refractivity contribution >= 4 is 11.3 Å². The average Bonchev–Trinajstić information content (AvgIpc) is 2.72. The average molecular weight is 240 g/mol. The van der Waals surface area contributed by atoms with Gasteiger partial charge in [-0.05, 0) is 32.7 Å². The lowest BCUT2D eigenvalue weighted by Gasteiger charge is -2.34. The van der Waals surface area contributed by atoms with Crippen molar-refractivity contribution in [3.63, 3.8) is 0 Å². The van der Waals surface area contributed by atoms with Crippen LogP contribution in [-0.4, -0.2) is 40.7 Å². The summed E-state index contributed by atoms with van der Waals surface area (Å²) in [6, 6.07) is 0.391. The molecule has 90 valence electrons. The molecular weight excluding hydrogens is 220 g/mol. The number of hydrogen-bond donors (Lipinski definition) is 1. The minimum atomic E-state index is 0.307. The summed E-state index contributed by atoms with van der Waals surface area (Å²) in [5, 5.41) is 9.32. The molecule has 1 aliphatic heterocycles. The topological polar surface area (TPSA) is 36.4 Å². The summed E-state index contributed by atoms with van der Waals surface area (Å²) in [5.41, 5.74) is 3.09. The van der Waals surface area contributed by atoms with Gasteiger partial charge in [-0.15, -0.1) is 11.3 Å². The van der Waals surface area contributed by atoms with Crippen LogP contribution in [0.15, 0.2) is 5.51 Å². The fourth-order valence-electron chi connectivity index (χ4n) is 2.37. The van der Waals surface area contributed by atoms with E-state index in [0.717, 1.165) is 25.9 Å². The number of hydrogen-bond acceptors (Lipinski definition) is 4. The second kappa shape index (κ2) is 5.75. The maximum absolute atomic E-state index is 9.32. The van der Waals surface area contributed by atoms with Crippen LogP contribution in [-0.2, 0) is 6.42 Å². The van der Waals surface area contributed by atoms with E-state index < -0.39 is 0 Å². The lowest BCUT2D eigenvalue weighted by atomic mass is 10.0. The number of rotatable bonds is 4. The standard InChI is InChI=1S/C12H20N2OS/c1-10-12(16-9-13-10)5-7-14-6-3-2-4-11(14)8-15/h9,11,15H,2-8H2,1H3. The number of aryl methyl sites for hydroxylation is 1. The third kappa shape index (κ3) is 2.81. The number of nitrogens with zero attached hydrogens (tertiary/aromatic N) is 2. The Hall–Kier alpha value is -0.450. The Morgan fingerprint density at radius 1 is 1.56 bits per heavy atom. The van der Waals surface area contributed by atoms with E-state index in [1.54, 1.807) is 11.3 Å². The van der Waals surface area contributed by atoms with Crippen molar-refractivity contribution in [3.05, 3.63) is 16.1 Å². The molecular formula is C12H20N2OS. The third-order valence-corrected chi connectivity index (χ3v) is 4.43. The molecule has 1 aliphatic rings. The Morgan fingerprint density at radius 3 is 3.12 bits per heavy atom. The summed E-state index contributed by atoms with van der Waals surface area (Å²) in [5.74, 6) is 0. The Bertz CT molecular complexity index is 327. The Labute approximate surface area is 101 Å². The molecule has 0 radical (unpaired) electrons. The third-order valence-electron chi connectivity index (χ3n) is 3.43. The molecule has 1 N–H and O–H groups in total. The first-order valence-electron chi connectivity index (χ1n) is 6.05. The van der Waals surface area contributed by atoms with Crippen LogP contribution in [0.4, 0.5) is 0 Å². The van der Waals surface area contributed by atoms with Gasteiger partial charge in [0.15, 0.2) is 0 Å². The molecule has 1 atom stereocenters. The maximum atomic E-state index is 9.32. The quantitative estimate of drug-likeness (QED) is 0.872. The fourth-order valence-corrected chi connectivity index (χ4v) is 3.14. The fraction of sp³-hybridized carbons (Fsp3) is 0.750. The molecule has 2 heterocycles. The molecule has 4 heteroatoms. The Morgan fingerprint density at radius 2 is 2.44 bits per heavy atom. The van der Waals surface area contributed by atoms with Crippen molar-refractivity contribution in [2.24, 2.45) is 0 Å². The largest absolute Gasteiger partial charge is 0.395 e. The van der Waals surface area contributed by atoms with Gasteiger partial charge in [-0.1, -0.05) is 6.42 Å². The van der Waals surface area contributed by atoms with E-state index in [1.165, 1.54) is 23.4 Å². The van der Waals surface area contributed by atoms with E-state index in [0.29, 0.717) is 12.6 Å². The summed E-state index contributed by atoms with van der Waals surface area (Å²) in [6.45, 7) is 4.59. The zero-order chi connectivity index (χ0) is 11.4. The van der Waals surface area contributed by atoms with Crippen LogP contribution in [0.5, 0.6) is 0 Å². The van der Waals surface area contributed by atoms with E-state index in [2.05, 4.69) is 16.8 Å². The van der Waals surface area contributed by atoms with E-state index in [9.17, 15) is 5.11 Å². The second-order valence-corrected chi connectivity index (χ2v) is 5.42. The molecule has 2 rings (SSSR count). The van der Waals surface area contributed by atoms with Crippen molar-refractivity contribution in [3.8, 4) is 0 Å². The second-order valence-electron chi connectivity index (χ2n) is 4.48. The predicted molar refractivity (Wildman–Crippen MR) is 66.9 cm³/mol. The summed E-state index contributed by atoms with van der Waals surface area (Å²) in [4.78, 5) is 8.09. The van der Waals surface area contributed by atoms with Crippen molar-refractivity contribution in [1.82, 2.24) is 9.88 Å². The van der Waals surface area contributed by atoms with Crippen LogP contribution in [0.3, 0.4) is 0 Å². The van der Waals surface area contributed by atoms with Crippen molar-refractivity contribution in [2.75, 3.05) is 19.7 Å². The number of thiazole rings is 1. The highest BCUT2D eigenvalue weighted by Crippen LogP contribution is 2.19. The molecule has 0 spiro atoms. The van der Waals surface area contributed by atoms with Crippen molar-refractivity contribution in [2.45, 2.75) is 38.6 Å². The highest BCUT2D eigenvalue weighted by Gasteiger charge is 2.21. The normalized spacial score (nSPS) is 22.5. The minimum absolute atomic E-state index is 0.307. The van der Waals surface area contributed by atoms with Crippen molar-refractivity contribution < 1.29 is 5.11 Å². The molecule has 0 saturated carbocycles. The molecule has 3 nitrogen and oxygen atoms in total. The molecule has 1 fully saturated rings. The van der Waals surface area contributed by atoms with Crippen LogP contribution < -0.4 is 0 Å². The van der Waals surface area contributed by atoms with Gasteiger partial charge in [0.1, 0.15) is 0 Å². The smallest absolute Gasteiger partial charge is 0.0797 e. The number of likely N-dealkylation sites (tertiary alicyclic amines) is 1. The first-order chi connectivity index (χ1) is 7.81. The van der Waals surface area contributed by atoms with Crippen LogP contribution >= 0.6 is 11.3 Å². The number of aliphatic hydroxyl groups excluding tert-OH is 1. The Balaban J connectivity index is 1.86. The summed E-state index contributed by atoms with van der Waals surface area (Å²) in [6.07, 6.45) is 4.77. The van der Waals surface area contributed by atoms with Gasteiger partial charge in [-0.25, -0.2) is 4.98 Å². The number of aliphatic hydroxyl groups is 1. The first-order valence-corrected chi connectivity index (χ1v) is 6.93. The first kappa shape index (κ1) is 12.0. The van der Waals surface area contributed by atoms with Gasteiger partial charge in [0.05, 0.1) is 17.8 Å². The van der Waals surface area contributed by atoms with Gasteiger partial charge >= 0.3 is 0 Å². The lowest BCUT2D eigenvalue weighted by molar-refractivity contribution is 0.0915. The Kier molecular flexibility index (Phi) is 4.32. The van der Waals surface area contributed by atoms with Gasteiger partial charge in [0.2, 0.25) is 0 Å². The SMILES string of the molecule is Cc1ncsc1CCN1CCCCC1CO. The predicted octanol–water partition coefficient (Wildman–Crippen LogP) is 1.84. The van der Waals surface area contributed by atoms with E-state index in [1.807, 2.05) is 5.51 Å². The van der Waals surface area contributed by atoms with E-state index in [4.69, 9.17) is 0 Å².